The maximum atomic E-state index is 13.8. The number of aromatic nitrogens is 2. The van der Waals surface area contributed by atoms with Crippen LogP contribution in [0.4, 0.5) is 30.5 Å². The van der Waals surface area contributed by atoms with Crippen molar-refractivity contribution in [2.45, 2.75) is 43.2 Å². The zero-order valence-corrected chi connectivity index (χ0v) is 21.3. The summed E-state index contributed by atoms with van der Waals surface area (Å²) in [7, 11) is 0. The summed E-state index contributed by atoms with van der Waals surface area (Å²) >= 11 is 0. The number of alkyl halides is 3. The fraction of sp³-hybridized carbons (Fsp3) is 0.480. The van der Waals surface area contributed by atoms with Crippen LogP contribution in [0.3, 0.4) is 0 Å². The molecule has 2 aromatic rings. The number of piperidine rings is 1. The molecule has 2 fully saturated rings. The Hall–Kier alpha value is -3.62. The number of hydrogen-bond donors (Lipinski definition) is 4. The molecule has 1 atom stereocenters. The van der Waals surface area contributed by atoms with Crippen LogP contribution in [0, 0.1) is 0 Å². The van der Waals surface area contributed by atoms with Crippen molar-refractivity contribution >= 4 is 35.2 Å². The van der Waals surface area contributed by atoms with Gasteiger partial charge in [-0.15, -0.1) is 0 Å². The summed E-state index contributed by atoms with van der Waals surface area (Å²) in [6.45, 7) is 3.51. The Kier molecular flexibility index (Phi) is 6.81. The van der Waals surface area contributed by atoms with Crippen molar-refractivity contribution < 1.29 is 23.1 Å². The molecule has 3 aliphatic heterocycles. The second-order valence-electron chi connectivity index (χ2n) is 10.5. The van der Waals surface area contributed by atoms with Gasteiger partial charge in [-0.1, -0.05) is 0 Å². The van der Waals surface area contributed by atoms with E-state index in [-0.39, 0.29) is 30.2 Å². The fourth-order valence-corrected chi connectivity index (χ4v) is 4.64. The molecular weight excluding hydrogens is 515 g/mol. The molecule has 208 valence electrons. The normalized spacial score (nSPS) is 23.3. The van der Waals surface area contributed by atoms with Gasteiger partial charge >= 0.3 is 6.18 Å². The standard InChI is InChI=1S/C25H30F3N9O2/c1-23(29)6-9-36(10-7-23)18-3-2-8-31-21(18)35-22(39)24(30)14-32-17(11-33-24)20-16(25(26,27)28)4-5-19(34-20)37-12-15(38)13-37/h2-5,8,11,15,38H,6-7,9-10,12-14,29-30H2,1H3,(H,31,35,39). The van der Waals surface area contributed by atoms with Crippen molar-refractivity contribution in [3.63, 3.8) is 0 Å². The van der Waals surface area contributed by atoms with Crippen molar-refractivity contribution in [2.24, 2.45) is 21.5 Å². The number of nitrogens with two attached hydrogens (primary N) is 2. The molecule has 6 N–H and O–H groups in total. The summed E-state index contributed by atoms with van der Waals surface area (Å²) in [5.41, 5.74) is 9.54. The fourth-order valence-electron chi connectivity index (χ4n) is 4.64. The molecular formula is C25H30F3N9O2. The van der Waals surface area contributed by atoms with Gasteiger partial charge in [0.1, 0.15) is 17.2 Å². The minimum absolute atomic E-state index is 0.143. The first-order valence-corrected chi connectivity index (χ1v) is 12.6. The smallest absolute Gasteiger partial charge is 0.389 e. The highest BCUT2D eigenvalue weighted by Crippen LogP contribution is 2.34. The molecule has 1 unspecified atom stereocenters. The van der Waals surface area contributed by atoms with Crippen molar-refractivity contribution in [1.29, 1.82) is 0 Å². The first kappa shape index (κ1) is 27.0. The quantitative estimate of drug-likeness (QED) is 0.436. The second-order valence-corrected chi connectivity index (χ2v) is 10.5. The second kappa shape index (κ2) is 9.84. The number of β-amino-alcohol motifs (C(OH)–C–C–N with tert-alkyl or cyclic N) is 1. The van der Waals surface area contributed by atoms with Crippen LogP contribution in [0.5, 0.6) is 0 Å². The maximum absolute atomic E-state index is 13.8. The van der Waals surface area contributed by atoms with Gasteiger partial charge in [-0.3, -0.25) is 20.5 Å². The Morgan fingerprint density at radius 2 is 1.87 bits per heavy atom. The van der Waals surface area contributed by atoms with Crippen LogP contribution in [0.1, 0.15) is 31.0 Å². The molecule has 0 spiro atoms. The third-order valence-electron chi connectivity index (χ3n) is 7.18. The van der Waals surface area contributed by atoms with Crippen LogP contribution in [-0.2, 0) is 11.0 Å². The van der Waals surface area contributed by atoms with Crippen LogP contribution in [0.2, 0.25) is 0 Å². The number of carbonyl (C=O) groups excluding carboxylic acids is 1. The average molecular weight is 546 g/mol. The number of anilines is 3. The van der Waals surface area contributed by atoms with E-state index in [1.165, 1.54) is 12.3 Å². The summed E-state index contributed by atoms with van der Waals surface area (Å²) in [5, 5.41) is 12.3. The molecule has 3 aliphatic rings. The van der Waals surface area contributed by atoms with E-state index in [2.05, 4.69) is 30.2 Å². The number of nitrogens with zero attached hydrogens (tertiary/aromatic N) is 6. The first-order chi connectivity index (χ1) is 18.3. The van der Waals surface area contributed by atoms with E-state index in [1.807, 2.05) is 13.0 Å². The number of aliphatic imine (C=N–C) groups is 2. The number of hydrogen-bond acceptors (Lipinski definition) is 10. The zero-order valence-electron chi connectivity index (χ0n) is 21.3. The van der Waals surface area contributed by atoms with Gasteiger partial charge in [0, 0.05) is 37.9 Å². The molecule has 0 radical (unpaired) electrons. The molecule has 39 heavy (non-hydrogen) atoms. The summed E-state index contributed by atoms with van der Waals surface area (Å²) in [6, 6.07) is 5.77. The van der Waals surface area contributed by atoms with Crippen LogP contribution in [-0.4, -0.2) is 82.9 Å². The van der Waals surface area contributed by atoms with Gasteiger partial charge in [-0.05, 0) is 44.0 Å². The molecule has 1 amide bonds. The van der Waals surface area contributed by atoms with E-state index in [0.717, 1.165) is 25.1 Å². The summed E-state index contributed by atoms with van der Waals surface area (Å²) in [5.74, 6) is -0.130. The molecule has 0 aliphatic carbocycles. The van der Waals surface area contributed by atoms with Crippen molar-refractivity contribution in [1.82, 2.24) is 9.97 Å². The monoisotopic (exact) mass is 545 g/mol. The Balaban J connectivity index is 1.34. The lowest BCUT2D eigenvalue weighted by molar-refractivity contribution is -0.138. The highest BCUT2D eigenvalue weighted by atomic mass is 19.4. The van der Waals surface area contributed by atoms with Gasteiger partial charge in [0.05, 0.1) is 30.1 Å². The topological polar surface area (TPSA) is 158 Å². The van der Waals surface area contributed by atoms with Crippen LogP contribution < -0.4 is 26.6 Å². The SMILES string of the molecule is CC1(N)CCN(c2cccnc2NC(=O)C2(N)CN=C(c3nc(N4CC(O)C4)ccc3C(F)(F)F)C=N2)CC1. The van der Waals surface area contributed by atoms with Crippen LogP contribution in [0.15, 0.2) is 40.4 Å². The molecule has 14 heteroatoms. The van der Waals surface area contributed by atoms with E-state index < -0.39 is 41.7 Å². The number of carbonyl (C=O) groups is 1. The lowest BCUT2D eigenvalue weighted by Gasteiger charge is -2.38. The minimum Gasteiger partial charge on any atom is -0.389 e. The van der Waals surface area contributed by atoms with Crippen molar-refractivity contribution in [2.75, 3.05) is 47.8 Å². The highest BCUT2D eigenvalue weighted by Gasteiger charge is 2.40. The van der Waals surface area contributed by atoms with Gasteiger partial charge in [0.15, 0.2) is 5.82 Å². The van der Waals surface area contributed by atoms with Crippen LogP contribution >= 0.6 is 0 Å². The van der Waals surface area contributed by atoms with Gasteiger partial charge in [0.25, 0.3) is 5.91 Å². The van der Waals surface area contributed by atoms with E-state index in [4.69, 9.17) is 11.5 Å². The van der Waals surface area contributed by atoms with Gasteiger partial charge in [-0.25, -0.2) is 9.97 Å². The molecule has 5 heterocycles. The Bertz CT molecular complexity index is 1310. The number of amides is 1. The molecule has 2 aromatic heterocycles. The van der Waals surface area contributed by atoms with E-state index in [9.17, 15) is 23.1 Å². The lowest BCUT2D eigenvalue weighted by atomic mass is 9.91. The predicted octanol–water partition coefficient (Wildman–Crippen LogP) is 1.16. The van der Waals surface area contributed by atoms with Gasteiger partial charge < -0.3 is 26.0 Å². The molecule has 0 saturated carbocycles. The van der Waals surface area contributed by atoms with Crippen LogP contribution in [0.25, 0.3) is 0 Å². The number of pyridine rings is 2. The molecule has 0 bridgehead atoms. The largest absolute Gasteiger partial charge is 0.418 e. The number of halogens is 3. The predicted molar refractivity (Wildman–Crippen MR) is 141 cm³/mol. The summed E-state index contributed by atoms with van der Waals surface area (Å²) in [6.07, 6.45) is -1.13. The lowest BCUT2D eigenvalue weighted by Crippen LogP contribution is -2.54. The van der Waals surface area contributed by atoms with Crippen molar-refractivity contribution in [3.8, 4) is 0 Å². The third kappa shape index (κ3) is 5.58. The summed E-state index contributed by atoms with van der Waals surface area (Å²) in [4.78, 5) is 33.7. The molecule has 11 nitrogen and oxygen atoms in total. The van der Waals surface area contributed by atoms with Gasteiger partial charge in [-0.2, -0.15) is 13.2 Å². The minimum atomic E-state index is -4.69. The zero-order chi connectivity index (χ0) is 28.0. The number of rotatable bonds is 5. The number of nitrogens with one attached hydrogen (secondary N) is 1. The van der Waals surface area contributed by atoms with E-state index in [0.29, 0.717) is 24.6 Å². The highest BCUT2D eigenvalue weighted by molar-refractivity contribution is 6.39. The molecule has 2 saturated heterocycles. The van der Waals surface area contributed by atoms with Crippen molar-refractivity contribution in [3.05, 3.63) is 41.7 Å². The first-order valence-electron chi connectivity index (χ1n) is 12.6. The Morgan fingerprint density at radius 1 is 1.15 bits per heavy atom. The Morgan fingerprint density at radius 3 is 2.49 bits per heavy atom. The third-order valence-corrected chi connectivity index (χ3v) is 7.18. The molecule has 0 aromatic carbocycles. The average Bonchev–Trinajstić information content (AvgIpc) is 2.87. The summed E-state index contributed by atoms with van der Waals surface area (Å²) < 4.78 is 41.3. The van der Waals surface area contributed by atoms with E-state index >= 15 is 0 Å². The molecule has 5 rings (SSSR count). The maximum Gasteiger partial charge on any atom is 0.418 e. The Labute approximate surface area is 222 Å². The number of aliphatic hydroxyl groups is 1. The number of aliphatic hydroxyl groups excluding tert-OH is 1. The van der Waals surface area contributed by atoms with E-state index in [1.54, 1.807) is 11.0 Å². The van der Waals surface area contributed by atoms with Gasteiger partial charge in [0.2, 0.25) is 5.66 Å².